The van der Waals surface area contributed by atoms with E-state index in [1.54, 1.807) is 0 Å². The summed E-state index contributed by atoms with van der Waals surface area (Å²) < 4.78 is 0. The molecule has 0 aromatic heterocycles. The van der Waals surface area contributed by atoms with E-state index in [1.165, 1.54) is 29.5 Å². The van der Waals surface area contributed by atoms with E-state index in [1.807, 2.05) is 0 Å². The molecule has 1 aromatic rings. The normalized spacial score (nSPS) is 18.8. The molecule has 1 N–H and O–H groups in total. The number of carbonyl (C=O) groups is 1. The van der Waals surface area contributed by atoms with Gasteiger partial charge in [0.2, 0.25) is 0 Å². The van der Waals surface area contributed by atoms with Gasteiger partial charge >= 0.3 is 5.97 Å². The van der Waals surface area contributed by atoms with Crippen LogP contribution < -0.4 is 0 Å². The second kappa shape index (κ2) is 5.77. The molecule has 1 saturated carbocycles. The largest absolute Gasteiger partial charge is 0.481 e. The first-order valence-corrected chi connectivity index (χ1v) is 7.33. The first-order valence-electron chi connectivity index (χ1n) is 7.33. The van der Waals surface area contributed by atoms with Gasteiger partial charge in [-0.25, -0.2) is 0 Å². The number of aryl methyl sites for hydroxylation is 2. The van der Waals surface area contributed by atoms with Crippen LogP contribution in [0, 0.1) is 19.3 Å². The maximum atomic E-state index is 11.8. The lowest BCUT2D eigenvalue weighted by atomic mass is 9.74. The lowest BCUT2D eigenvalue weighted by Gasteiger charge is -2.29. The molecule has 1 aliphatic carbocycles. The van der Waals surface area contributed by atoms with Crippen LogP contribution in [-0.4, -0.2) is 11.1 Å². The summed E-state index contributed by atoms with van der Waals surface area (Å²) in [7, 11) is 0. The highest BCUT2D eigenvalue weighted by Gasteiger charge is 2.38. The van der Waals surface area contributed by atoms with Crippen molar-refractivity contribution in [1.82, 2.24) is 0 Å². The van der Waals surface area contributed by atoms with Gasteiger partial charge in [-0.3, -0.25) is 4.79 Å². The predicted molar refractivity (Wildman–Crippen MR) is 77.4 cm³/mol. The van der Waals surface area contributed by atoms with E-state index >= 15 is 0 Å². The van der Waals surface area contributed by atoms with Crippen LogP contribution in [0.5, 0.6) is 0 Å². The average molecular weight is 260 g/mol. The molecule has 0 aliphatic heterocycles. The summed E-state index contributed by atoms with van der Waals surface area (Å²) in [5, 5.41) is 9.74. The van der Waals surface area contributed by atoms with E-state index < -0.39 is 11.4 Å². The third-order valence-corrected chi connectivity index (χ3v) is 4.55. The SMILES string of the molecule is Cc1ccc(C)c(CC2(C(=O)O)CCCCCC2)c1. The van der Waals surface area contributed by atoms with Crippen molar-refractivity contribution in [3.05, 3.63) is 34.9 Å². The lowest BCUT2D eigenvalue weighted by molar-refractivity contribution is -0.149. The van der Waals surface area contributed by atoms with Crippen LogP contribution in [0.2, 0.25) is 0 Å². The Hall–Kier alpha value is -1.31. The molecule has 0 spiro atoms. The molecule has 0 heterocycles. The Morgan fingerprint density at radius 3 is 2.37 bits per heavy atom. The quantitative estimate of drug-likeness (QED) is 0.824. The van der Waals surface area contributed by atoms with Crippen LogP contribution in [0.25, 0.3) is 0 Å². The van der Waals surface area contributed by atoms with Crippen LogP contribution in [0.1, 0.15) is 55.2 Å². The van der Waals surface area contributed by atoms with E-state index in [2.05, 4.69) is 32.0 Å². The molecule has 0 unspecified atom stereocenters. The van der Waals surface area contributed by atoms with Crippen LogP contribution in [0.4, 0.5) is 0 Å². The zero-order valence-electron chi connectivity index (χ0n) is 12.0. The molecule has 1 aromatic carbocycles. The van der Waals surface area contributed by atoms with Crippen LogP contribution in [0.3, 0.4) is 0 Å². The molecule has 2 rings (SSSR count). The second-order valence-corrected chi connectivity index (χ2v) is 6.11. The van der Waals surface area contributed by atoms with Gasteiger partial charge in [-0.15, -0.1) is 0 Å². The van der Waals surface area contributed by atoms with Crippen LogP contribution in [0.15, 0.2) is 18.2 Å². The summed E-state index contributed by atoms with van der Waals surface area (Å²) in [6, 6.07) is 6.36. The predicted octanol–water partition coefficient (Wildman–Crippen LogP) is 4.27. The summed E-state index contributed by atoms with van der Waals surface area (Å²) in [6.07, 6.45) is 6.82. The number of benzene rings is 1. The lowest BCUT2D eigenvalue weighted by Crippen LogP contribution is -2.33. The molecular weight excluding hydrogens is 236 g/mol. The van der Waals surface area contributed by atoms with Crippen LogP contribution >= 0.6 is 0 Å². The number of aliphatic carboxylic acids is 1. The Bertz CT molecular complexity index is 454. The summed E-state index contributed by atoms with van der Waals surface area (Å²) in [4.78, 5) is 11.8. The first-order chi connectivity index (χ1) is 9.03. The van der Waals surface area contributed by atoms with Gasteiger partial charge in [0, 0.05) is 0 Å². The third kappa shape index (κ3) is 3.17. The van der Waals surface area contributed by atoms with Gasteiger partial charge in [-0.2, -0.15) is 0 Å². The molecule has 0 bridgehead atoms. The molecule has 2 heteroatoms. The van der Waals surface area contributed by atoms with Gasteiger partial charge in [0.15, 0.2) is 0 Å². The number of rotatable bonds is 3. The Balaban J connectivity index is 2.29. The smallest absolute Gasteiger partial charge is 0.309 e. The van der Waals surface area contributed by atoms with Crippen molar-refractivity contribution in [2.75, 3.05) is 0 Å². The highest BCUT2D eigenvalue weighted by Crippen LogP contribution is 2.39. The van der Waals surface area contributed by atoms with Gasteiger partial charge in [-0.1, -0.05) is 49.4 Å². The number of carboxylic acid groups (broad SMARTS) is 1. The zero-order chi connectivity index (χ0) is 13.9. The standard InChI is InChI=1S/C17H24O2/c1-13-7-8-14(2)15(11-13)12-17(16(18)19)9-5-3-4-6-10-17/h7-8,11H,3-6,9-10,12H2,1-2H3,(H,18,19). The summed E-state index contributed by atoms with van der Waals surface area (Å²) in [5.41, 5.74) is 3.12. The van der Waals surface area contributed by atoms with Crippen molar-refractivity contribution in [2.24, 2.45) is 5.41 Å². The molecule has 0 atom stereocenters. The fourth-order valence-corrected chi connectivity index (χ4v) is 3.23. The third-order valence-electron chi connectivity index (χ3n) is 4.55. The zero-order valence-corrected chi connectivity index (χ0v) is 12.0. The van der Waals surface area contributed by atoms with Gasteiger partial charge in [0.25, 0.3) is 0 Å². The van der Waals surface area contributed by atoms with Crippen LogP contribution in [-0.2, 0) is 11.2 Å². The molecule has 0 radical (unpaired) electrons. The van der Waals surface area contributed by atoms with Gasteiger partial charge < -0.3 is 5.11 Å². The minimum atomic E-state index is -0.602. The Morgan fingerprint density at radius 1 is 1.16 bits per heavy atom. The number of hydrogen-bond acceptors (Lipinski definition) is 1. The van der Waals surface area contributed by atoms with Crippen molar-refractivity contribution in [3.63, 3.8) is 0 Å². The highest BCUT2D eigenvalue weighted by molar-refractivity contribution is 5.75. The van der Waals surface area contributed by atoms with Crippen molar-refractivity contribution in [2.45, 2.75) is 58.8 Å². The molecule has 1 fully saturated rings. The molecule has 0 saturated heterocycles. The Labute approximate surface area is 115 Å². The average Bonchev–Trinajstić information content (AvgIpc) is 2.60. The maximum Gasteiger partial charge on any atom is 0.309 e. The van der Waals surface area contributed by atoms with Gasteiger partial charge in [0.1, 0.15) is 0 Å². The Kier molecular flexibility index (Phi) is 4.28. The topological polar surface area (TPSA) is 37.3 Å². The van der Waals surface area contributed by atoms with Crippen molar-refractivity contribution in [1.29, 1.82) is 0 Å². The molecule has 104 valence electrons. The summed E-state index contributed by atoms with van der Waals surface area (Å²) in [6.45, 7) is 4.16. The van der Waals surface area contributed by atoms with Crippen molar-refractivity contribution in [3.8, 4) is 0 Å². The molecular formula is C17H24O2. The monoisotopic (exact) mass is 260 g/mol. The second-order valence-electron chi connectivity index (χ2n) is 6.11. The molecule has 19 heavy (non-hydrogen) atoms. The minimum absolute atomic E-state index is 0.533. The minimum Gasteiger partial charge on any atom is -0.481 e. The summed E-state index contributed by atoms with van der Waals surface area (Å²) in [5.74, 6) is -0.602. The van der Waals surface area contributed by atoms with Gasteiger partial charge in [0.05, 0.1) is 5.41 Å². The van der Waals surface area contributed by atoms with E-state index in [4.69, 9.17) is 0 Å². The maximum absolute atomic E-state index is 11.8. The Morgan fingerprint density at radius 2 is 1.79 bits per heavy atom. The fraction of sp³-hybridized carbons (Fsp3) is 0.588. The number of hydrogen-bond donors (Lipinski definition) is 1. The van der Waals surface area contributed by atoms with E-state index in [9.17, 15) is 9.90 Å². The van der Waals surface area contributed by atoms with Crippen molar-refractivity contribution < 1.29 is 9.90 Å². The van der Waals surface area contributed by atoms with E-state index in [-0.39, 0.29) is 0 Å². The van der Waals surface area contributed by atoms with Gasteiger partial charge in [-0.05, 0) is 44.2 Å². The first kappa shape index (κ1) is 14.1. The highest BCUT2D eigenvalue weighted by atomic mass is 16.4. The molecule has 1 aliphatic rings. The summed E-state index contributed by atoms with van der Waals surface area (Å²) >= 11 is 0. The fourth-order valence-electron chi connectivity index (χ4n) is 3.23. The molecule has 2 nitrogen and oxygen atoms in total. The van der Waals surface area contributed by atoms with E-state index in [0.717, 1.165) is 25.7 Å². The van der Waals surface area contributed by atoms with Crippen molar-refractivity contribution >= 4 is 5.97 Å². The molecule has 0 amide bonds. The van der Waals surface area contributed by atoms with E-state index in [0.29, 0.717) is 6.42 Å². The number of carboxylic acids is 1.